The zero-order valence-corrected chi connectivity index (χ0v) is 13.1. The first kappa shape index (κ1) is 14.7. The zero-order valence-electron chi connectivity index (χ0n) is 13.1. The van der Waals surface area contributed by atoms with Crippen LogP contribution in [-0.2, 0) is 6.54 Å². The lowest BCUT2D eigenvalue weighted by molar-refractivity contribution is 0.161. The van der Waals surface area contributed by atoms with Crippen LogP contribution >= 0.6 is 0 Å². The molecule has 0 saturated carbocycles. The predicted molar refractivity (Wildman–Crippen MR) is 86.5 cm³/mol. The molecular formula is C17H27N3O. The third kappa shape index (κ3) is 3.50. The minimum Gasteiger partial charge on any atom is -0.496 e. The van der Waals surface area contributed by atoms with Crippen molar-refractivity contribution in [1.29, 1.82) is 0 Å². The quantitative estimate of drug-likeness (QED) is 0.864. The second-order valence-corrected chi connectivity index (χ2v) is 6.35. The van der Waals surface area contributed by atoms with Gasteiger partial charge in [0.25, 0.3) is 0 Å². The average molecular weight is 289 g/mol. The highest BCUT2D eigenvalue weighted by Gasteiger charge is 2.28. The predicted octanol–water partition coefficient (Wildman–Crippen LogP) is 2.34. The minimum absolute atomic E-state index is 0.748. The van der Waals surface area contributed by atoms with Crippen LogP contribution in [0.15, 0.2) is 18.2 Å². The molecule has 2 aliphatic heterocycles. The average Bonchev–Trinajstić information content (AvgIpc) is 2.97. The molecule has 0 radical (unpaired) electrons. The number of likely N-dealkylation sites (tertiary alicyclic amines) is 2. The first-order valence-electron chi connectivity index (χ1n) is 8.15. The Bertz CT molecular complexity index is 471. The molecular weight excluding hydrogens is 262 g/mol. The zero-order chi connectivity index (χ0) is 14.7. The SMILES string of the molecule is COc1ccc(N)cc1CN1CCC(N2CCCCC2)C1. The van der Waals surface area contributed by atoms with Crippen molar-refractivity contribution in [2.24, 2.45) is 0 Å². The lowest BCUT2D eigenvalue weighted by Crippen LogP contribution is -2.40. The Balaban J connectivity index is 1.60. The molecule has 0 amide bonds. The number of rotatable bonds is 4. The summed E-state index contributed by atoms with van der Waals surface area (Å²) in [6.45, 7) is 5.88. The maximum Gasteiger partial charge on any atom is 0.123 e. The summed E-state index contributed by atoms with van der Waals surface area (Å²) < 4.78 is 5.46. The largest absolute Gasteiger partial charge is 0.496 e. The van der Waals surface area contributed by atoms with Crippen LogP contribution in [0.3, 0.4) is 0 Å². The summed E-state index contributed by atoms with van der Waals surface area (Å²) in [5.74, 6) is 0.950. The van der Waals surface area contributed by atoms with Crippen LogP contribution in [0.2, 0.25) is 0 Å². The number of piperidine rings is 1. The fraction of sp³-hybridized carbons (Fsp3) is 0.647. The summed E-state index contributed by atoms with van der Waals surface area (Å²) in [5.41, 5.74) is 7.94. The van der Waals surface area contributed by atoms with Gasteiger partial charge in [0.1, 0.15) is 5.75 Å². The molecule has 2 fully saturated rings. The topological polar surface area (TPSA) is 41.7 Å². The molecule has 1 aromatic carbocycles. The molecule has 0 spiro atoms. The Morgan fingerprint density at radius 3 is 2.76 bits per heavy atom. The van der Waals surface area contributed by atoms with Crippen molar-refractivity contribution < 1.29 is 4.74 Å². The molecule has 4 nitrogen and oxygen atoms in total. The second-order valence-electron chi connectivity index (χ2n) is 6.35. The van der Waals surface area contributed by atoms with Gasteiger partial charge in [-0.15, -0.1) is 0 Å². The molecule has 2 saturated heterocycles. The number of hydrogen-bond acceptors (Lipinski definition) is 4. The van der Waals surface area contributed by atoms with Gasteiger partial charge in [-0.3, -0.25) is 9.80 Å². The Hall–Kier alpha value is -1.26. The molecule has 2 heterocycles. The number of methoxy groups -OCH3 is 1. The summed E-state index contributed by atoms with van der Waals surface area (Å²) in [6, 6.07) is 6.68. The maximum atomic E-state index is 5.92. The molecule has 4 heteroatoms. The Kier molecular flexibility index (Phi) is 4.66. The van der Waals surface area contributed by atoms with E-state index in [1.165, 1.54) is 57.4 Å². The Morgan fingerprint density at radius 2 is 2.00 bits per heavy atom. The van der Waals surface area contributed by atoms with Crippen LogP contribution in [-0.4, -0.2) is 49.1 Å². The fourth-order valence-corrected chi connectivity index (χ4v) is 3.70. The van der Waals surface area contributed by atoms with Gasteiger partial charge in [-0.25, -0.2) is 0 Å². The standard InChI is InChI=1S/C17H27N3O/c1-21-17-6-5-15(18)11-14(17)12-19-10-7-16(13-19)20-8-3-2-4-9-20/h5-6,11,16H,2-4,7-10,12-13,18H2,1H3. The Labute approximate surface area is 127 Å². The van der Waals surface area contributed by atoms with Gasteiger partial charge < -0.3 is 10.5 Å². The van der Waals surface area contributed by atoms with E-state index in [4.69, 9.17) is 10.5 Å². The minimum atomic E-state index is 0.748. The Morgan fingerprint density at radius 1 is 1.19 bits per heavy atom. The van der Waals surface area contributed by atoms with E-state index < -0.39 is 0 Å². The molecule has 1 atom stereocenters. The summed E-state index contributed by atoms with van der Waals surface area (Å²) in [7, 11) is 1.73. The van der Waals surface area contributed by atoms with Crippen molar-refractivity contribution in [2.75, 3.05) is 39.0 Å². The van der Waals surface area contributed by atoms with Crippen LogP contribution in [0.25, 0.3) is 0 Å². The highest BCUT2D eigenvalue weighted by Crippen LogP contribution is 2.26. The van der Waals surface area contributed by atoms with Gasteiger partial charge >= 0.3 is 0 Å². The van der Waals surface area contributed by atoms with E-state index in [9.17, 15) is 0 Å². The number of nitrogens with zero attached hydrogens (tertiary/aromatic N) is 2. The fourth-order valence-electron chi connectivity index (χ4n) is 3.70. The monoisotopic (exact) mass is 289 g/mol. The van der Waals surface area contributed by atoms with Gasteiger partial charge in [-0.05, 0) is 50.6 Å². The molecule has 116 valence electrons. The number of nitrogen functional groups attached to an aromatic ring is 1. The van der Waals surface area contributed by atoms with Crippen molar-refractivity contribution in [2.45, 2.75) is 38.3 Å². The van der Waals surface area contributed by atoms with Gasteiger partial charge in [0.05, 0.1) is 7.11 Å². The van der Waals surface area contributed by atoms with E-state index >= 15 is 0 Å². The number of nitrogens with two attached hydrogens (primary N) is 1. The summed E-state index contributed by atoms with van der Waals surface area (Å²) in [5, 5.41) is 0. The third-order valence-electron chi connectivity index (χ3n) is 4.85. The molecule has 1 unspecified atom stereocenters. The number of benzene rings is 1. The van der Waals surface area contributed by atoms with Crippen LogP contribution in [0.5, 0.6) is 5.75 Å². The van der Waals surface area contributed by atoms with Gasteiger partial charge in [-0.1, -0.05) is 6.42 Å². The van der Waals surface area contributed by atoms with Crippen molar-refractivity contribution in [3.63, 3.8) is 0 Å². The molecule has 0 aliphatic carbocycles. The van der Waals surface area contributed by atoms with Gasteiger partial charge in [0, 0.05) is 36.9 Å². The van der Waals surface area contributed by atoms with E-state index in [0.29, 0.717) is 0 Å². The highest BCUT2D eigenvalue weighted by atomic mass is 16.5. The first-order valence-corrected chi connectivity index (χ1v) is 8.15. The molecule has 1 aromatic rings. The van der Waals surface area contributed by atoms with Crippen molar-refractivity contribution in [1.82, 2.24) is 9.80 Å². The van der Waals surface area contributed by atoms with Crippen molar-refractivity contribution in [3.05, 3.63) is 23.8 Å². The van der Waals surface area contributed by atoms with Crippen LogP contribution < -0.4 is 10.5 Å². The summed E-state index contributed by atoms with van der Waals surface area (Å²) in [6.07, 6.45) is 5.46. The van der Waals surface area contributed by atoms with Crippen LogP contribution in [0.1, 0.15) is 31.2 Å². The third-order valence-corrected chi connectivity index (χ3v) is 4.85. The highest BCUT2D eigenvalue weighted by molar-refractivity contribution is 5.47. The second kappa shape index (κ2) is 6.67. The maximum absolute atomic E-state index is 5.92. The molecule has 3 rings (SSSR count). The summed E-state index contributed by atoms with van der Waals surface area (Å²) >= 11 is 0. The summed E-state index contributed by atoms with van der Waals surface area (Å²) in [4.78, 5) is 5.23. The van der Waals surface area contributed by atoms with Gasteiger partial charge in [0.15, 0.2) is 0 Å². The molecule has 21 heavy (non-hydrogen) atoms. The van der Waals surface area contributed by atoms with Gasteiger partial charge in [-0.2, -0.15) is 0 Å². The molecule has 2 aliphatic rings. The number of ether oxygens (including phenoxy) is 1. The van der Waals surface area contributed by atoms with Crippen LogP contribution in [0.4, 0.5) is 5.69 Å². The van der Waals surface area contributed by atoms with E-state index in [1.54, 1.807) is 7.11 Å². The normalized spacial score (nSPS) is 24.3. The van der Waals surface area contributed by atoms with E-state index in [2.05, 4.69) is 9.80 Å². The number of hydrogen-bond donors (Lipinski definition) is 1. The molecule has 2 N–H and O–H groups in total. The van der Waals surface area contributed by atoms with E-state index in [1.807, 2.05) is 18.2 Å². The number of anilines is 1. The van der Waals surface area contributed by atoms with Crippen LogP contribution in [0, 0.1) is 0 Å². The molecule has 0 aromatic heterocycles. The smallest absolute Gasteiger partial charge is 0.123 e. The van der Waals surface area contributed by atoms with Gasteiger partial charge in [0.2, 0.25) is 0 Å². The molecule has 0 bridgehead atoms. The van der Waals surface area contributed by atoms with Crippen molar-refractivity contribution in [3.8, 4) is 5.75 Å². The first-order chi connectivity index (χ1) is 10.3. The lowest BCUT2D eigenvalue weighted by atomic mass is 10.1. The van der Waals surface area contributed by atoms with E-state index in [-0.39, 0.29) is 0 Å². The van der Waals surface area contributed by atoms with Crippen molar-refractivity contribution >= 4 is 5.69 Å². The van der Waals surface area contributed by atoms with E-state index in [0.717, 1.165) is 24.0 Å². The lowest BCUT2D eigenvalue weighted by Gasteiger charge is -2.32.